The quantitative estimate of drug-likeness (QED) is 0.800. The monoisotopic (exact) mass is 294 g/mol. The van der Waals surface area contributed by atoms with Gasteiger partial charge in [-0.05, 0) is 43.7 Å². The molecule has 0 spiro atoms. The minimum Gasteiger partial charge on any atom is -0.323 e. The Hall–Kier alpha value is -1.18. The average Bonchev–Trinajstić information content (AvgIpc) is 2.38. The fraction of sp³-hybridized carbons (Fsp3) is 0.429. The number of nitrogens with zero attached hydrogens (tertiary/aromatic N) is 2. The van der Waals surface area contributed by atoms with Crippen LogP contribution in [0, 0.1) is 11.3 Å². The molecule has 0 aliphatic heterocycles. The summed E-state index contributed by atoms with van der Waals surface area (Å²) in [5.41, 5.74) is -0.173. The summed E-state index contributed by atoms with van der Waals surface area (Å²) in [4.78, 5) is 15.0. The molecule has 2 rings (SSSR count). The van der Waals surface area contributed by atoms with Crippen molar-refractivity contribution in [3.63, 3.8) is 0 Å². The molecule has 1 aliphatic carbocycles. The van der Waals surface area contributed by atoms with Crippen molar-refractivity contribution < 1.29 is 4.79 Å². The number of halogens is 1. The van der Waals surface area contributed by atoms with E-state index in [1.807, 2.05) is 12.3 Å². The van der Waals surface area contributed by atoms with E-state index in [1.165, 1.54) is 0 Å². The third-order valence-corrected chi connectivity index (χ3v) is 4.79. The van der Waals surface area contributed by atoms with Gasteiger partial charge in [-0.2, -0.15) is 5.26 Å². The fourth-order valence-corrected chi connectivity index (χ4v) is 2.84. The first-order chi connectivity index (χ1) is 9.04. The summed E-state index contributed by atoms with van der Waals surface area (Å²) in [6.45, 7) is 0. The second-order valence-electron chi connectivity index (χ2n) is 4.71. The molecule has 1 aromatic rings. The average molecular weight is 295 g/mol. The molecule has 1 saturated carbocycles. The Morgan fingerprint density at radius 2 is 2.21 bits per heavy atom. The van der Waals surface area contributed by atoms with Crippen molar-refractivity contribution in [2.75, 3.05) is 13.3 Å². The summed E-state index contributed by atoms with van der Waals surface area (Å²) < 4.78 is 0. The standard InChI is InChI=1S/C14H15ClN2OS/c1-17(14(9-16)6-3-7-14)13(18)11-8-10(19-2)4-5-12(11)15/h4-5,8H,3,6-7H2,1-2H3. The zero-order valence-electron chi connectivity index (χ0n) is 10.9. The van der Waals surface area contributed by atoms with Crippen molar-refractivity contribution in [3.8, 4) is 6.07 Å². The number of nitriles is 1. The van der Waals surface area contributed by atoms with E-state index in [4.69, 9.17) is 11.6 Å². The van der Waals surface area contributed by atoms with Gasteiger partial charge < -0.3 is 4.90 Å². The van der Waals surface area contributed by atoms with Crippen LogP contribution in [0.5, 0.6) is 0 Å². The number of rotatable bonds is 3. The van der Waals surface area contributed by atoms with E-state index in [0.717, 1.165) is 24.2 Å². The molecule has 1 aliphatic rings. The number of hydrogen-bond acceptors (Lipinski definition) is 3. The van der Waals surface area contributed by atoms with Gasteiger partial charge in [-0.15, -0.1) is 11.8 Å². The van der Waals surface area contributed by atoms with Crippen LogP contribution in [-0.4, -0.2) is 29.6 Å². The van der Waals surface area contributed by atoms with Gasteiger partial charge in [-0.3, -0.25) is 4.79 Å². The van der Waals surface area contributed by atoms with Gasteiger partial charge in [0.2, 0.25) is 0 Å². The second kappa shape index (κ2) is 5.44. The van der Waals surface area contributed by atoms with E-state index in [2.05, 4.69) is 6.07 Å². The van der Waals surface area contributed by atoms with Crippen molar-refractivity contribution in [2.24, 2.45) is 0 Å². The van der Waals surface area contributed by atoms with Crippen LogP contribution in [0.15, 0.2) is 23.1 Å². The van der Waals surface area contributed by atoms with E-state index in [9.17, 15) is 10.1 Å². The molecular weight excluding hydrogens is 280 g/mol. The van der Waals surface area contributed by atoms with E-state index in [0.29, 0.717) is 10.6 Å². The summed E-state index contributed by atoms with van der Waals surface area (Å²) in [5, 5.41) is 9.72. The first kappa shape index (κ1) is 14.2. The maximum atomic E-state index is 12.5. The first-order valence-electron chi connectivity index (χ1n) is 6.07. The molecule has 3 nitrogen and oxygen atoms in total. The molecule has 0 aromatic heterocycles. The van der Waals surface area contributed by atoms with Gasteiger partial charge in [0.1, 0.15) is 5.54 Å². The lowest BCUT2D eigenvalue weighted by Crippen LogP contribution is -2.53. The Morgan fingerprint density at radius 3 is 2.68 bits per heavy atom. The van der Waals surface area contributed by atoms with Crippen LogP contribution in [-0.2, 0) is 0 Å². The van der Waals surface area contributed by atoms with E-state index >= 15 is 0 Å². The summed E-state index contributed by atoms with van der Waals surface area (Å²) in [6, 6.07) is 7.67. The van der Waals surface area contributed by atoms with Crippen LogP contribution in [0.25, 0.3) is 0 Å². The van der Waals surface area contributed by atoms with Crippen molar-refractivity contribution in [3.05, 3.63) is 28.8 Å². The Bertz CT molecular complexity index is 549. The van der Waals surface area contributed by atoms with Crippen molar-refractivity contribution in [1.29, 1.82) is 5.26 Å². The molecule has 0 heterocycles. The van der Waals surface area contributed by atoms with E-state index < -0.39 is 5.54 Å². The Morgan fingerprint density at radius 1 is 1.53 bits per heavy atom. The fourth-order valence-electron chi connectivity index (χ4n) is 2.20. The maximum absolute atomic E-state index is 12.5. The number of amides is 1. The van der Waals surface area contributed by atoms with Crippen molar-refractivity contribution in [1.82, 2.24) is 4.90 Å². The SMILES string of the molecule is CSc1ccc(Cl)c(C(=O)N(C)C2(C#N)CCC2)c1. The van der Waals surface area contributed by atoms with Crippen LogP contribution in [0.2, 0.25) is 5.02 Å². The number of thioether (sulfide) groups is 1. The highest BCUT2D eigenvalue weighted by molar-refractivity contribution is 7.98. The number of benzene rings is 1. The molecule has 0 bridgehead atoms. The maximum Gasteiger partial charge on any atom is 0.256 e. The third-order valence-electron chi connectivity index (χ3n) is 3.74. The number of carbonyl (C=O) groups is 1. The molecule has 0 saturated heterocycles. The van der Waals surface area contributed by atoms with Gasteiger partial charge in [0.05, 0.1) is 16.7 Å². The van der Waals surface area contributed by atoms with Gasteiger partial charge in [-0.25, -0.2) is 0 Å². The van der Waals surface area contributed by atoms with Crippen LogP contribution < -0.4 is 0 Å². The molecule has 0 atom stereocenters. The van der Waals surface area contributed by atoms with Gasteiger partial charge in [-0.1, -0.05) is 11.6 Å². The van der Waals surface area contributed by atoms with E-state index in [1.54, 1.807) is 35.8 Å². The van der Waals surface area contributed by atoms with Crippen LogP contribution in [0.4, 0.5) is 0 Å². The first-order valence-corrected chi connectivity index (χ1v) is 7.67. The van der Waals surface area contributed by atoms with Gasteiger partial charge in [0.25, 0.3) is 5.91 Å². The van der Waals surface area contributed by atoms with E-state index in [-0.39, 0.29) is 5.91 Å². The number of hydrogen-bond donors (Lipinski definition) is 0. The normalized spacial score (nSPS) is 16.3. The molecule has 0 N–H and O–H groups in total. The van der Waals surface area contributed by atoms with Crippen LogP contribution >= 0.6 is 23.4 Å². The van der Waals surface area contributed by atoms with Gasteiger partial charge in [0, 0.05) is 11.9 Å². The third kappa shape index (κ3) is 2.45. The second-order valence-corrected chi connectivity index (χ2v) is 5.99. The molecular formula is C14H15ClN2OS. The predicted molar refractivity (Wildman–Crippen MR) is 77.5 cm³/mol. The van der Waals surface area contributed by atoms with Crippen LogP contribution in [0.1, 0.15) is 29.6 Å². The van der Waals surface area contributed by atoms with Gasteiger partial charge in [0.15, 0.2) is 0 Å². The number of carbonyl (C=O) groups excluding carboxylic acids is 1. The van der Waals surface area contributed by atoms with Crippen molar-refractivity contribution >= 4 is 29.3 Å². The van der Waals surface area contributed by atoms with Gasteiger partial charge >= 0.3 is 0 Å². The highest BCUT2D eigenvalue weighted by Gasteiger charge is 2.43. The molecule has 1 aromatic carbocycles. The lowest BCUT2D eigenvalue weighted by atomic mass is 9.76. The topological polar surface area (TPSA) is 44.1 Å². The summed E-state index contributed by atoms with van der Waals surface area (Å²) in [6.07, 6.45) is 4.42. The highest BCUT2D eigenvalue weighted by atomic mass is 35.5. The minimum absolute atomic E-state index is 0.179. The summed E-state index contributed by atoms with van der Waals surface area (Å²) in [7, 11) is 1.69. The molecule has 1 amide bonds. The molecule has 5 heteroatoms. The predicted octanol–water partition coefficient (Wildman–Crippen LogP) is 3.58. The Balaban J connectivity index is 2.32. The summed E-state index contributed by atoms with van der Waals surface area (Å²) in [5.74, 6) is -0.179. The zero-order chi connectivity index (χ0) is 14.0. The summed E-state index contributed by atoms with van der Waals surface area (Å²) >= 11 is 7.67. The zero-order valence-corrected chi connectivity index (χ0v) is 12.5. The largest absolute Gasteiger partial charge is 0.323 e. The lowest BCUT2D eigenvalue weighted by Gasteiger charge is -2.43. The smallest absolute Gasteiger partial charge is 0.256 e. The molecule has 0 radical (unpaired) electrons. The highest BCUT2D eigenvalue weighted by Crippen LogP contribution is 2.37. The van der Waals surface area contributed by atoms with Crippen molar-refractivity contribution in [2.45, 2.75) is 29.7 Å². The Kier molecular flexibility index (Phi) is 4.07. The lowest BCUT2D eigenvalue weighted by molar-refractivity contribution is 0.0497. The van der Waals surface area contributed by atoms with Crippen LogP contribution in [0.3, 0.4) is 0 Å². The Labute approximate surface area is 122 Å². The molecule has 100 valence electrons. The molecule has 0 unspecified atom stereocenters. The molecule has 1 fully saturated rings. The minimum atomic E-state index is -0.643. The molecule has 19 heavy (non-hydrogen) atoms.